The molecule has 6 heteroatoms. The van der Waals surface area contributed by atoms with E-state index in [0.717, 1.165) is 56.3 Å². The van der Waals surface area contributed by atoms with Gasteiger partial charge >= 0.3 is 0 Å². The molecule has 15 rings (SSSR count). The molecule has 0 N–H and O–H groups in total. The van der Waals surface area contributed by atoms with Gasteiger partial charge in [0.2, 0.25) is 0 Å². The topological polar surface area (TPSA) is 77.3 Å². The zero-order valence-corrected chi connectivity index (χ0v) is 38.7. The standard InChI is InChI=1S/C64H48N6/c1-5-17-42(18-6-1)58-65-59(43-19-7-2-8-20-43)68-62(67-58)54-27-15-13-25-50(54)46-29-31-52-53-32-30-47(39-57(53)64(56(52)38-46)48-34-40-33-41(36-48)37-49(64)35-40)51-26-14-16-28-55(51)63-69-60(44-21-9-3-10-22-44)66-61(70-63)45-23-11-4-12-24-45/h1-32,38-41,48-49H,33-37H2. The van der Waals surface area contributed by atoms with Crippen LogP contribution in [-0.4, -0.2) is 29.9 Å². The summed E-state index contributed by atoms with van der Waals surface area (Å²) in [5.41, 5.74) is 16.1. The monoisotopic (exact) mass is 900 g/mol. The predicted octanol–water partition coefficient (Wildman–Crippen LogP) is 15.1. The van der Waals surface area contributed by atoms with E-state index in [-0.39, 0.29) is 5.41 Å². The lowest BCUT2D eigenvalue weighted by Crippen LogP contribution is -2.55. The van der Waals surface area contributed by atoms with E-state index in [9.17, 15) is 0 Å². The summed E-state index contributed by atoms with van der Waals surface area (Å²) in [5, 5.41) is 0. The van der Waals surface area contributed by atoms with Gasteiger partial charge in [0.1, 0.15) is 0 Å². The lowest BCUT2D eigenvalue weighted by atomic mass is 9.43. The molecule has 0 aliphatic heterocycles. The Bertz CT molecular complexity index is 3250. The van der Waals surface area contributed by atoms with Gasteiger partial charge in [-0.1, -0.05) is 194 Å². The van der Waals surface area contributed by atoms with Crippen LogP contribution in [0.25, 0.3) is 102 Å². The van der Waals surface area contributed by atoms with E-state index in [1.165, 1.54) is 65.5 Å². The zero-order valence-electron chi connectivity index (χ0n) is 38.7. The van der Waals surface area contributed by atoms with E-state index < -0.39 is 0 Å². The van der Waals surface area contributed by atoms with Crippen LogP contribution < -0.4 is 0 Å². The number of hydrogen-bond donors (Lipinski definition) is 0. The fourth-order valence-corrected chi connectivity index (χ4v) is 13.2. The highest BCUT2D eigenvalue weighted by Gasteiger charge is 2.61. The molecule has 2 aromatic heterocycles. The van der Waals surface area contributed by atoms with Crippen LogP contribution in [0.5, 0.6) is 0 Å². The highest BCUT2D eigenvalue weighted by molar-refractivity contribution is 5.91. The number of hydrogen-bond acceptors (Lipinski definition) is 6. The quantitative estimate of drug-likeness (QED) is 0.151. The first-order chi connectivity index (χ1) is 34.6. The van der Waals surface area contributed by atoms with Crippen molar-refractivity contribution in [3.05, 3.63) is 217 Å². The van der Waals surface area contributed by atoms with Gasteiger partial charge in [0.05, 0.1) is 0 Å². The number of benzene rings is 8. The Kier molecular flexibility index (Phi) is 9.61. The maximum Gasteiger partial charge on any atom is 0.164 e. The van der Waals surface area contributed by atoms with Gasteiger partial charge in [-0.2, -0.15) is 0 Å². The van der Waals surface area contributed by atoms with Crippen LogP contribution >= 0.6 is 0 Å². The Labute approximate surface area is 408 Å². The second-order valence-corrected chi connectivity index (χ2v) is 19.9. The Morgan fingerprint density at radius 1 is 0.257 bits per heavy atom. The summed E-state index contributed by atoms with van der Waals surface area (Å²) < 4.78 is 0. The van der Waals surface area contributed by atoms with E-state index in [4.69, 9.17) is 29.9 Å². The summed E-state index contributed by atoms with van der Waals surface area (Å²) in [4.78, 5) is 30.9. The number of nitrogens with zero attached hydrogens (tertiary/aromatic N) is 6. The van der Waals surface area contributed by atoms with Gasteiger partial charge in [0.15, 0.2) is 34.9 Å². The number of fused-ring (bicyclic) bond motifs is 3. The molecule has 0 saturated heterocycles. The minimum Gasteiger partial charge on any atom is -0.208 e. The third-order valence-electron chi connectivity index (χ3n) is 16.0. The molecule has 4 fully saturated rings. The summed E-state index contributed by atoms with van der Waals surface area (Å²) >= 11 is 0. The van der Waals surface area contributed by atoms with Gasteiger partial charge in [-0.15, -0.1) is 0 Å². The first-order valence-electron chi connectivity index (χ1n) is 24.9. The van der Waals surface area contributed by atoms with Crippen molar-refractivity contribution in [2.45, 2.75) is 37.5 Å². The van der Waals surface area contributed by atoms with E-state index in [1.54, 1.807) is 0 Å². The summed E-state index contributed by atoms with van der Waals surface area (Å²) in [6.45, 7) is 0. The normalized spacial score (nSPS) is 19.0. The molecule has 4 bridgehead atoms. The minimum atomic E-state index is -0.0871. The molecule has 0 radical (unpaired) electrons. The molecule has 0 unspecified atom stereocenters. The van der Waals surface area contributed by atoms with E-state index >= 15 is 0 Å². The van der Waals surface area contributed by atoms with Crippen molar-refractivity contribution in [2.24, 2.45) is 23.7 Å². The number of aromatic nitrogens is 6. The van der Waals surface area contributed by atoms with Crippen molar-refractivity contribution in [1.82, 2.24) is 29.9 Å². The largest absolute Gasteiger partial charge is 0.208 e. The molecule has 0 amide bonds. The van der Waals surface area contributed by atoms with Crippen LogP contribution in [0.3, 0.4) is 0 Å². The van der Waals surface area contributed by atoms with Crippen LogP contribution in [-0.2, 0) is 5.41 Å². The SMILES string of the molecule is c1ccc(-c2nc(-c3ccccc3)nc(-c3ccccc3-c3ccc4c(c3)C3(c5cc(-c6ccccc6-c6nc(-c7ccccc7)nc(-c7ccccc7)n6)ccc5-4)C4CC5CC(C4)CC3C5)n2)cc1. The molecule has 1 spiro atoms. The molecular formula is C64H48N6. The average Bonchev–Trinajstić information content (AvgIpc) is 3.72. The van der Waals surface area contributed by atoms with Crippen LogP contribution in [0.4, 0.5) is 0 Å². The van der Waals surface area contributed by atoms with Gasteiger partial charge in [0.25, 0.3) is 0 Å². The minimum absolute atomic E-state index is 0.0871. The molecule has 10 aromatic rings. The van der Waals surface area contributed by atoms with Gasteiger partial charge in [-0.05, 0) is 112 Å². The molecule has 70 heavy (non-hydrogen) atoms. The van der Waals surface area contributed by atoms with Crippen LogP contribution in [0.15, 0.2) is 206 Å². The second-order valence-electron chi connectivity index (χ2n) is 19.9. The first-order valence-corrected chi connectivity index (χ1v) is 24.9. The van der Waals surface area contributed by atoms with Crippen molar-refractivity contribution < 1.29 is 0 Å². The van der Waals surface area contributed by atoms with E-state index in [1.807, 2.05) is 72.8 Å². The maximum atomic E-state index is 5.21. The smallest absolute Gasteiger partial charge is 0.164 e. The predicted molar refractivity (Wildman–Crippen MR) is 280 cm³/mol. The molecule has 4 saturated carbocycles. The molecule has 5 aliphatic carbocycles. The van der Waals surface area contributed by atoms with Crippen LogP contribution in [0.1, 0.15) is 43.2 Å². The van der Waals surface area contributed by atoms with Crippen molar-refractivity contribution in [3.63, 3.8) is 0 Å². The Morgan fingerprint density at radius 3 is 0.900 bits per heavy atom. The highest BCUT2D eigenvalue weighted by Crippen LogP contribution is 2.70. The Balaban J connectivity index is 0.917. The van der Waals surface area contributed by atoms with Crippen molar-refractivity contribution in [2.75, 3.05) is 0 Å². The molecule has 5 aliphatic rings. The lowest BCUT2D eigenvalue weighted by Gasteiger charge is -2.61. The molecule has 6 nitrogen and oxygen atoms in total. The van der Waals surface area contributed by atoms with Crippen LogP contribution in [0, 0.1) is 23.7 Å². The second kappa shape index (κ2) is 16.5. The third kappa shape index (κ3) is 6.68. The lowest BCUT2D eigenvalue weighted by molar-refractivity contribution is -0.0399. The van der Waals surface area contributed by atoms with Gasteiger partial charge in [-0.3, -0.25) is 0 Å². The van der Waals surface area contributed by atoms with E-state index in [0.29, 0.717) is 46.8 Å². The summed E-state index contributed by atoms with van der Waals surface area (Å²) in [6.07, 6.45) is 6.56. The highest BCUT2D eigenvalue weighted by atomic mass is 15.0. The van der Waals surface area contributed by atoms with Gasteiger partial charge < -0.3 is 0 Å². The van der Waals surface area contributed by atoms with Crippen LogP contribution in [0.2, 0.25) is 0 Å². The molecule has 0 atom stereocenters. The van der Waals surface area contributed by atoms with Gasteiger partial charge in [-0.25, -0.2) is 29.9 Å². The molecule has 8 aromatic carbocycles. The summed E-state index contributed by atoms with van der Waals surface area (Å²) in [7, 11) is 0. The average molecular weight is 901 g/mol. The fourth-order valence-electron chi connectivity index (χ4n) is 13.2. The Hall–Kier alpha value is -8.22. The van der Waals surface area contributed by atoms with Crippen molar-refractivity contribution in [3.8, 4) is 102 Å². The van der Waals surface area contributed by atoms with Crippen molar-refractivity contribution >= 4 is 0 Å². The first kappa shape index (κ1) is 40.8. The maximum absolute atomic E-state index is 5.21. The fraction of sp³-hybridized carbons (Fsp3) is 0.156. The molecule has 2 heterocycles. The summed E-state index contributed by atoms with van der Waals surface area (Å²) in [5.74, 6) is 6.79. The summed E-state index contributed by atoms with van der Waals surface area (Å²) in [6, 6.07) is 73.1. The zero-order chi connectivity index (χ0) is 46.2. The molecular weight excluding hydrogens is 853 g/mol. The van der Waals surface area contributed by atoms with E-state index in [2.05, 4.69) is 133 Å². The molecule has 334 valence electrons. The van der Waals surface area contributed by atoms with Crippen molar-refractivity contribution in [1.29, 1.82) is 0 Å². The number of rotatable bonds is 8. The third-order valence-corrected chi connectivity index (χ3v) is 16.0. The van der Waals surface area contributed by atoms with Gasteiger partial charge in [0, 0.05) is 38.8 Å². The Morgan fingerprint density at radius 2 is 0.557 bits per heavy atom.